The van der Waals surface area contributed by atoms with Crippen LogP contribution < -0.4 is 10.2 Å². The zero-order valence-electron chi connectivity index (χ0n) is 22.1. The van der Waals surface area contributed by atoms with E-state index in [0.29, 0.717) is 26.0 Å². The Balaban J connectivity index is 0.000000402. The fourth-order valence-corrected chi connectivity index (χ4v) is 3.37. The van der Waals surface area contributed by atoms with Crippen LogP contribution in [0.5, 0.6) is 0 Å². The molecule has 0 radical (unpaired) electrons. The number of esters is 1. The Kier molecular flexibility index (Phi) is 11.7. The van der Waals surface area contributed by atoms with Crippen LogP contribution in [-0.2, 0) is 23.9 Å². The predicted molar refractivity (Wildman–Crippen MR) is 135 cm³/mol. The van der Waals surface area contributed by atoms with Gasteiger partial charge in [0.1, 0.15) is 17.2 Å². The lowest BCUT2D eigenvalue weighted by molar-refractivity contribution is -0.148. The number of nitrogens with one attached hydrogen (secondary N) is 1. The lowest BCUT2D eigenvalue weighted by atomic mass is 9.90. The van der Waals surface area contributed by atoms with Crippen LogP contribution in [0.4, 0.5) is 10.5 Å². The number of rotatable bonds is 8. The molecule has 2 unspecified atom stereocenters. The molecular formula is C26H40N2O8. The van der Waals surface area contributed by atoms with Crippen molar-refractivity contribution < 1.29 is 38.9 Å². The molecule has 1 fully saturated rings. The van der Waals surface area contributed by atoms with Crippen molar-refractivity contribution in [2.24, 2.45) is 5.92 Å². The summed E-state index contributed by atoms with van der Waals surface area (Å²) in [6, 6.07) is 9.10. The molecule has 202 valence electrons. The van der Waals surface area contributed by atoms with E-state index in [-0.39, 0.29) is 5.97 Å². The molecule has 0 saturated carbocycles. The van der Waals surface area contributed by atoms with Crippen LogP contribution in [0.15, 0.2) is 30.3 Å². The van der Waals surface area contributed by atoms with Gasteiger partial charge in [-0.15, -0.1) is 0 Å². The number of piperidine rings is 1. The molecule has 1 aliphatic heterocycles. The number of hydrogen-bond donors (Lipinski definition) is 3. The summed E-state index contributed by atoms with van der Waals surface area (Å²) >= 11 is 0. The third-order valence-corrected chi connectivity index (χ3v) is 5.40. The number of anilines is 1. The average molecular weight is 509 g/mol. The molecule has 1 heterocycles. The Labute approximate surface area is 213 Å². The van der Waals surface area contributed by atoms with Crippen LogP contribution in [0.2, 0.25) is 0 Å². The van der Waals surface area contributed by atoms with E-state index in [1.165, 1.54) is 13.8 Å². The number of carbonyl (C=O) groups excluding carboxylic acids is 2. The van der Waals surface area contributed by atoms with E-state index in [1.807, 2.05) is 42.2 Å². The van der Waals surface area contributed by atoms with Crippen molar-refractivity contribution in [3.63, 3.8) is 0 Å². The molecule has 1 saturated heterocycles. The highest BCUT2D eigenvalue weighted by Gasteiger charge is 2.37. The summed E-state index contributed by atoms with van der Waals surface area (Å²) in [7, 11) is 0. The Morgan fingerprint density at radius 2 is 1.67 bits per heavy atom. The molecule has 10 heteroatoms. The van der Waals surface area contributed by atoms with Gasteiger partial charge in [-0.3, -0.25) is 4.79 Å². The summed E-state index contributed by atoms with van der Waals surface area (Å²) in [6.07, 6.45) is 1.90. The molecule has 1 amide bonds. The SMILES string of the molecule is CC(C)(C)OC(=O)NC(C)(C)C(=O)O.CCCCOC(=O)C1CC(C(=O)O)CCN1c1ccccc1. The van der Waals surface area contributed by atoms with Crippen LogP contribution in [0.25, 0.3) is 0 Å². The molecule has 3 N–H and O–H groups in total. The number of amides is 1. The highest BCUT2D eigenvalue weighted by Crippen LogP contribution is 2.29. The topological polar surface area (TPSA) is 142 Å². The van der Waals surface area contributed by atoms with Gasteiger partial charge in [0.15, 0.2) is 0 Å². The van der Waals surface area contributed by atoms with Crippen LogP contribution in [-0.4, -0.2) is 64.5 Å². The Hall–Kier alpha value is -3.30. The lowest BCUT2D eigenvalue weighted by Gasteiger charge is -2.38. The number of aliphatic carboxylic acids is 2. The number of para-hydroxylation sites is 1. The molecular weight excluding hydrogens is 468 g/mol. The third kappa shape index (κ3) is 10.5. The van der Waals surface area contributed by atoms with Gasteiger partial charge in [0, 0.05) is 12.2 Å². The second-order valence-corrected chi connectivity index (χ2v) is 10.2. The highest BCUT2D eigenvalue weighted by atomic mass is 16.6. The largest absolute Gasteiger partial charge is 0.481 e. The van der Waals surface area contributed by atoms with Crippen LogP contribution in [0.3, 0.4) is 0 Å². The first kappa shape index (κ1) is 30.7. The Morgan fingerprint density at radius 1 is 1.06 bits per heavy atom. The zero-order chi connectivity index (χ0) is 27.5. The quantitative estimate of drug-likeness (QED) is 0.350. The fraction of sp³-hybridized carbons (Fsp3) is 0.615. The van der Waals surface area contributed by atoms with E-state index in [0.717, 1.165) is 18.5 Å². The number of alkyl carbamates (subject to hydrolysis) is 1. The molecule has 36 heavy (non-hydrogen) atoms. The number of unbranched alkanes of at least 4 members (excludes halogenated alkanes) is 1. The first-order chi connectivity index (χ1) is 16.7. The van der Waals surface area contributed by atoms with Gasteiger partial charge in [-0.1, -0.05) is 31.5 Å². The summed E-state index contributed by atoms with van der Waals surface area (Å²) in [5, 5.41) is 20.2. The zero-order valence-corrected chi connectivity index (χ0v) is 22.1. The van der Waals surface area contributed by atoms with Gasteiger partial charge in [-0.2, -0.15) is 0 Å². The van der Waals surface area contributed by atoms with E-state index < -0.39 is 41.1 Å². The van der Waals surface area contributed by atoms with E-state index in [2.05, 4.69) is 5.32 Å². The minimum atomic E-state index is -1.32. The normalized spacial score (nSPS) is 17.8. The molecule has 0 bridgehead atoms. The van der Waals surface area contributed by atoms with Gasteiger partial charge in [-0.25, -0.2) is 14.4 Å². The van der Waals surface area contributed by atoms with Crippen molar-refractivity contribution in [3.05, 3.63) is 30.3 Å². The second-order valence-electron chi connectivity index (χ2n) is 10.2. The minimum absolute atomic E-state index is 0.301. The highest BCUT2D eigenvalue weighted by molar-refractivity contribution is 5.83. The van der Waals surface area contributed by atoms with E-state index in [4.69, 9.17) is 14.6 Å². The van der Waals surface area contributed by atoms with Gasteiger partial charge in [0.25, 0.3) is 0 Å². The number of ether oxygens (including phenoxy) is 2. The molecule has 0 aliphatic carbocycles. The summed E-state index contributed by atoms with van der Waals surface area (Å²) in [4.78, 5) is 47.4. The summed E-state index contributed by atoms with van der Waals surface area (Å²) in [6.45, 7) is 10.9. The number of hydrogen-bond acceptors (Lipinski definition) is 7. The van der Waals surface area contributed by atoms with Gasteiger partial charge >= 0.3 is 24.0 Å². The molecule has 0 aromatic heterocycles. The van der Waals surface area contributed by atoms with Crippen molar-refractivity contribution in [3.8, 4) is 0 Å². The van der Waals surface area contributed by atoms with Crippen LogP contribution >= 0.6 is 0 Å². The number of carbonyl (C=O) groups is 4. The smallest absolute Gasteiger partial charge is 0.408 e. The van der Waals surface area contributed by atoms with Crippen molar-refractivity contribution in [1.29, 1.82) is 0 Å². The molecule has 2 rings (SSSR count). The average Bonchev–Trinajstić information content (AvgIpc) is 2.78. The molecule has 0 spiro atoms. The lowest BCUT2D eigenvalue weighted by Crippen LogP contribution is -2.51. The van der Waals surface area contributed by atoms with E-state index >= 15 is 0 Å². The van der Waals surface area contributed by atoms with Gasteiger partial charge in [0.05, 0.1) is 12.5 Å². The standard InChI is InChI=1S/C17H23NO4.C9H17NO4/c1-2-3-11-22-17(21)15-12-13(16(19)20)9-10-18(15)14-7-5-4-6-8-14;1-8(2,3)14-7(13)10-9(4,5)6(11)12/h4-8,13,15H,2-3,9-12H2,1H3,(H,19,20);1-5H3,(H,10,13)(H,11,12). The monoisotopic (exact) mass is 508 g/mol. The number of benzene rings is 1. The number of carboxylic acids is 2. The summed E-state index contributed by atoms with van der Waals surface area (Å²) in [5.74, 6) is -2.74. The van der Waals surface area contributed by atoms with Gasteiger partial charge < -0.3 is 29.9 Å². The van der Waals surface area contributed by atoms with Crippen molar-refractivity contribution in [2.75, 3.05) is 18.1 Å². The van der Waals surface area contributed by atoms with Gasteiger partial charge in [0.2, 0.25) is 0 Å². The fourth-order valence-electron chi connectivity index (χ4n) is 3.37. The maximum absolute atomic E-state index is 12.4. The maximum atomic E-state index is 12.4. The van der Waals surface area contributed by atoms with E-state index in [1.54, 1.807) is 20.8 Å². The first-order valence-corrected chi connectivity index (χ1v) is 12.1. The molecule has 1 aromatic rings. The summed E-state index contributed by atoms with van der Waals surface area (Å²) < 4.78 is 10.2. The Bertz CT molecular complexity index is 880. The molecule has 2 atom stereocenters. The van der Waals surface area contributed by atoms with Crippen molar-refractivity contribution in [2.45, 2.75) is 84.4 Å². The minimum Gasteiger partial charge on any atom is -0.481 e. The number of carboxylic acid groups (broad SMARTS) is 2. The van der Waals surface area contributed by atoms with Gasteiger partial charge in [-0.05, 0) is 66.0 Å². The molecule has 1 aliphatic rings. The van der Waals surface area contributed by atoms with Crippen LogP contribution in [0.1, 0.15) is 67.2 Å². The molecule has 10 nitrogen and oxygen atoms in total. The van der Waals surface area contributed by atoms with Crippen molar-refractivity contribution >= 4 is 29.7 Å². The maximum Gasteiger partial charge on any atom is 0.408 e. The first-order valence-electron chi connectivity index (χ1n) is 12.1. The molecule has 1 aromatic carbocycles. The number of nitrogens with zero attached hydrogens (tertiary/aromatic N) is 1. The third-order valence-electron chi connectivity index (χ3n) is 5.40. The second kappa shape index (κ2) is 13.7. The Morgan fingerprint density at radius 3 is 2.17 bits per heavy atom. The van der Waals surface area contributed by atoms with Crippen LogP contribution in [0, 0.1) is 5.92 Å². The van der Waals surface area contributed by atoms with Crippen molar-refractivity contribution in [1.82, 2.24) is 5.32 Å². The van der Waals surface area contributed by atoms with E-state index in [9.17, 15) is 24.3 Å². The summed E-state index contributed by atoms with van der Waals surface area (Å²) in [5.41, 5.74) is -1.01. The predicted octanol–water partition coefficient (Wildman–Crippen LogP) is 4.07.